The monoisotopic (exact) mass is 277 g/mol. The van der Waals surface area contributed by atoms with Gasteiger partial charge in [0.05, 0.1) is 12.3 Å². The van der Waals surface area contributed by atoms with Crippen molar-refractivity contribution in [1.29, 1.82) is 0 Å². The van der Waals surface area contributed by atoms with E-state index in [-0.39, 0.29) is 19.1 Å². The number of aromatic nitrogens is 1. The Morgan fingerprint density at radius 3 is 3.05 bits per heavy atom. The molecule has 0 aliphatic rings. The predicted octanol–water partition coefficient (Wildman–Crippen LogP) is 1.50. The second-order valence-corrected chi connectivity index (χ2v) is 4.96. The largest absolute Gasteiger partial charge is 0.397 e. The predicted molar refractivity (Wildman–Crippen MR) is 77.2 cm³/mol. The van der Waals surface area contributed by atoms with Crippen molar-refractivity contribution < 1.29 is 9.90 Å². The zero-order chi connectivity index (χ0) is 13.8. The van der Waals surface area contributed by atoms with Crippen molar-refractivity contribution in [1.82, 2.24) is 9.88 Å². The third-order valence-electron chi connectivity index (χ3n) is 2.71. The molecule has 0 radical (unpaired) electrons. The summed E-state index contributed by atoms with van der Waals surface area (Å²) in [5, 5.41) is 9.79. The van der Waals surface area contributed by atoms with Gasteiger partial charge in [-0.05, 0) is 12.1 Å². The first-order chi connectivity index (χ1) is 9.19. The van der Waals surface area contributed by atoms with E-state index in [0.717, 1.165) is 10.2 Å². The molecule has 0 atom stereocenters. The summed E-state index contributed by atoms with van der Waals surface area (Å²) in [6, 6.07) is 3.63. The van der Waals surface area contributed by atoms with Gasteiger partial charge in [-0.2, -0.15) is 0 Å². The summed E-state index contributed by atoms with van der Waals surface area (Å²) in [5.74, 6) is -0.200. The number of pyridine rings is 1. The number of nitrogen functional groups attached to an aromatic ring is 1. The molecule has 6 heteroatoms. The lowest BCUT2D eigenvalue weighted by Crippen LogP contribution is -2.33. The van der Waals surface area contributed by atoms with Crippen LogP contribution in [-0.4, -0.2) is 40.6 Å². The Morgan fingerprint density at radius 1 is 1.63 bits per heavy atom. The highest BCUT2D eigenvalue weighted by Crippen LogP contribution is 2.32. The van der Waals surface area contributed by atoms with Crippen molar-refractivity contribution in [2.24, 2.45) is 0 Å². The van der Waals surface area contributed by atoms with Crippen LogP contribution in [-0.2, 0) is 0 Å². The SMILES string of the molecule is C=CCN(CCO)C(=O)c1sc2ncccc2c1N. The van der Waals surface area contributed by atoms with Gasteiger partial charge in [-0.25, -0.2) is 4.98 Å². The minimum atomic E-state index is -0.200. The van der Waals surface area contributed by atoms with Gasteiger partial charge in [0, 0.05) is 24.7 Å². The minimum absolute atomic E-state index is 0.0946. The van der Waals surface area contributed by atoms with E-state index >= 15 is 0 Å². The maximum absolute atomic E-state index is 12.4. The average Bonchev–Trinajstić information content (AvgIpc) is 2.76. The number of amides is 1. The molecule has 0 aliphatic heterocycles. The zero-order valence-electron chi connectivity index (χ0n) is 10.4. The normalized spacial score (nSPS) is 10.6. The maximum atomic E-state index is 12.4. The molecular weight excluding hydrogens is 262 g/mol. The fraction of sp³-hybridized carbons (Fsp3) is 0.231. The Labute approximate surface area is 115 Å². The van der Waals surface area contributed by atoms with Gasteiger partial charge >= 0.3 is 0 Å². The van der Waals surface area contributed by atoms with Crippen LogP contribution in [0.25, 0.3) is 10.2 Å². The van der Waals surface area contributed by atoms with Crippen molar-refractivity contribution >= 4 is 33.1 Å². The van der Waals surface area contributed by atoms with Crippen LogP contribution >= 0.6 is 11.3 Å². The highest BCUT2D eigenvalue weighted by molar-refractivity contribution is 7.21. The molecule has 19 heavy (non-hydrogen) atoms. The van der Waals surface area contributed by atoms with Crippen LogP contribution in [0, 0.1) is 0 Å². The molecule has 2 aromatic rings. The van der Waals surface area contributed by atoms with Gasteiger partial charge in [-0.1, -0.05) is 6.08 Å². The van der Waals surface area contributed by atoms with Crippen LogP contribution in [0.5, 0.6) is 0 Å². The Bertz CT molecular complexity index is 609. The van der Waals surface area contributed by atoms with Gasteiger partial charge in [-0.3, -0.25) is 4.79 Å². The second-order valence-electron chi connectivity index (χ2n) is 3.96. The summed E-state index contributed by atoms with van der Waals surface area (Å²) in [6.45, 7) is 4.15. The molecule has 100 valence electrons. The van der Waals surface area contributed by atoms with Gasteiger partial charge in [-0.15, -0.1) is 17.9 Å². The second kappa shape index (κ2) is 5.81. The van der Waals surface area contributed by atoms with Gasteiger partial charge < -0.3 is 15.7 Å². The number of carbonyl (C=O) groups is 1. The number of rotatable bonds is 5. The summed E-state index contributed by atoms with van der Waals surface area (Å²) in [5.41, 5.74) is 6.45. The first kappa shape index (κ1) is 13.5. The highest BCUT2D eigenvalue weighted by Gasteiger charge is 2.21. The lowest BCUT2D eigenvalue weighted by molar-refractivity contribution is 0.0748. The number of nitrogens with two attached hydrogens (primary N) is 1. The van der Waals surface area contributed by atoms with Crippen molar-refractivity contribution in [3.8, 4) is 0 Å². The van der Waals surface area contributed by atoms with Crippen LogP contribution in [0.1, 0.15) is 9.67 Å². The Kier molecular flexibility index (Phi) is 4.13. The van der Waals surface area contributed by atoms with E-state index < -0.39 is 0 Å². The number of hydrogen-bond donors (Lipinski definition) is 2. The summed E-state index contributed by atoms with van der Waals surface area (Å²) >= 11 is 1.27. The summed E-state index contributed by atoms with van der Waals surface area (Å²) in [7, 11) is 0. The zero-order valence-corrected chi connectivity index (χ0v) is 11.2. The smallest absolute Gasteiger partial charge is 0.266 e. The average molecular weight is 277 g/mol. The number of anilines is 1. The van der Waals surface area contributed by atoms with E-state index in [0.29, 0.717) is 17.1 Å². The highest BCUT2D eigenvalue weighted by atomic mass is 32.1. The van der Waals surface area contributed by atoms with Crippen molar-refractivity contribution in [2.75, 3.05) is 25.4 Å². The first-order valence-corrected chi connectivity index (χ1v) is 6.64. The quantitative estimate of drug-likeness (QED) is 0.812. The number of aliphatic hydroxyl groups is 1. The molecule has 2 rings (SSSR count). The summed E-state index contributed by atoms with van der Waals surface area (Å²) in [4.78, 5) is 19.3. The molecule has 2 aromatic heterocycles. The minimum Gasteiger partial charge on any atom is -0.397 e. The third-order valence-corrected chi connectivity index (χ3v) is 3.82. The molecular formula is C13H15N3O2S. The topological polar surface area (TPSA) is 79.5 Å². The first-order valence-electron chi connectivity index (χ1n) is 5.83. The standard InChI is InChI=1S/C13H15N3O2S/c1-2-6-16(7-8-17)13(18)11-10(14)9-4-3-5-15-12(9)19-11/h2-5,17H,1,6-8,14H2. The third kappa shape index (κ3) is 2.59. The molecule has 0 unspecified atom stereocenters. The lowest BCUT2D eigenvalue weighted by Gasteiger charge is -2.19. The van der Waals surface area contributed by atoms with E-state index in [1.54, 1.807) is 18.3 Å². The van der Waals surface area contributed by atoms with Crippen LogP contribution < -0.4 is 5.73 Å². The molecule has 0 fully saturated rings. The van der Waals surface area contributed by atoms with Crippen LogP contribution in [0.15, 0.2) is 31.0 Å². The molecule has 0 aromatic carbocycles. The molecule has 2 heterocycles. The summed E-state index contributed by atoms with van der Waals surface area (Å²) in [6.07, 6.45) is 3.29. The van der Waals surface area contributed by atoms with E-state index in [4.69, 9.17) is 10.8 Å². The number of carbonyl (C=O) groups excluding carboxylic acids is 1. The Balaban J connectivity index is 2.39. The molecule has 0 aliphatic carbocycles. The van der Waals surface area contributed by atoms with Crippen LogP contribution in [0.2, 0.25) is 0 Å². The van der Waals surface area contributed by atoms with Crippen LogP contribution in [0.4, 0.5) is 5.69 Å². The number of thiophene rings is 1. The lowest BCUT2D eigenvalue weighted by atomic mass is 10.2. The maximum Gasteiger partial charge on any atom is 0.266 e. The van der Waals surface area contributed by atoms with Crippen molar-refractivity contribution in [3.05, 3.63) is 35.9 Å². The number of hydrogen-bond acceptors (Lipinski definition) is 5. The molecule has 0 saturated carbocycles. The van der Waals surface area contributed by atoms with Crippen LogP contribution in [0.3, 0.4) is 0 Å². The molecule has 5 nitrogen and oxygen atoms in total. The van der Waals surface area contributed by atoms with Gasteiger partial charge in [0.1, 0.15) is 9.71 Å². The number of fused-ring (bicyclic) bond motifs is 1. The molecule has 0 saturated heterocycles. The Morgan fingerprint density at radius 2 is 2.42 bits per heavy atom. The Hall–Kier alpha value is -1.92. The van der Waals surface area contributed by atoms with Gasteiger partial charge in [0.25, 0.3) is 5.91 Å². The molecule has 0 spiro atoms. The fourth-order valence-corrected chi connectivity index (χ4v) is 2.84. The van der Waals surface area contributed by atoms with Crippen molar-refractivity contribution in [3.63, 3.8) is 0 Å². The number of aliphatic hydroxyl groups excluding tert-OH is 1. The fourth-order valence-electron chi connectivity index (χ4n) is 1.81. The molecule has 0 bridgehead atoms. The summed E-state index contributed by atoms with van der Waals surface area (Å²) < 4.78 is 0. The van der Waals surface area contributed by atoms with E-state index in [1.807, 2.05) is 6.07 Å². The van der Waals surface area contributed by atoms with Gasteiger partial charge in [0.2, 0.25) is 0 Å². The van der Waals surface area contributed by atoms with Crippen molar-refractivity contribution in [2.45, 2.75) is 0 Å². The molecule has 3 N–H and O–H groups in total. The van der Waals surface area contributed by atoms with E-state index in [9.17, 15) is 4.79 Å². The number of nitrogens with zero attached hydrogens (tertiary/aromatic N) is 2. The van der Waals surface area contributed by atoms with E-state index in [1.165, 1.54) is 16.2 Å². The molecule has 1 amide bonds. The van der Waals surface area contributed by atoms with Gasteiger partial charge in [0.15, 0.2) is 0 Å². The van der Waals surface area contributed by atoms with E-state index in [2.05, 4.69) is 11.6 Å².